The van der Waals surface area contributed by atoms with Crippen LogP contribution in [0, 0.1) is 11.3 Å². The number of hydrogen-bond acceptors (Lipinski definition) is 2. The molecular formula is C19H27ClN2O2. The predicted molar refractivity (Wildman–Crippen MR) is 96.9 cm³/mol. The lowest BCUT2D eigenvalue weighted by atomic mass is 9.90. The molecule has 0 aromatic heterocycles. The number of piperidine rings is 1. The number of likely N-dealkylation sites (tertiary alicyclic amines) is 1. The van der Waals surface area contributed by atoms with Crippen LogP contribution in [0.5, 0.6) is 0 Å². The van der Waals surface area contributed by atoms with E-state index in [-0.39, 0.29) is 23.1 Å². The van der Waals surface area contributed by atoms with E-state index in [1.807, 2.05) is 49.9 Å². The minimum atomic E-state index is -0.353. The van der Waals surface area contributed by atoms with E-state index in [4.69, 9.17) is 11.6 Å². The van der Waals surface area contributed by atoms with Crippen molar-refractivity contribution in [2.45, 2.75) is 40.0 Å². The first kappa shape index (κ1) is 18.8. The Bertz CT molecular complexity index is 570. The van der Waals surface area contributed by atoms with Gasteiger partial charge in [0.05, 0.1) is 0 Å². The number of nitrogens with zero attached hydrogens (tertiary/aromatic N) is 1. The first-order chi connectivity index (χ1) is 11.3. The molecule has 0 saturated carbocycles. The Morgan fingerprint density at radius 3 is 2.29 bits per heavy atom. The van der Waals surface area contributed by atoms with Crippen molar-refractivity contribution >= 4 is 23.4 Å². The Balaban J connectivity index is 1.73. The van der Waals surface area contributed by atoms with Crippen molar-refractivity contribution in [2.24, 2.45) is 11.3 Å². The summed E-state index contributed by atoms with van der Waals surface area (Å²) in [6.45, 7) is 7.78. The molecule has 1 aromatic carbocycles. The van der Waals surface area contributed by atoms with Crippen LogP contribution in [-0.2, 0) is 16.0 Å². The van der Waals surface area contributed by atoms with E-state index in [0.29, 0.717) is 19.6 Å². The Kier molecular flexibility index (Phi) is 6.27. The number of carbonyl (C=O) groups excluding carboxylic acids is 2. The summed E-state index contributed by atoms with van der Waals surface area (Å²) in [6.07, 6.45) is 2.29. The van der Waals surface area contributed by atoms with Crippen molar-refractivity contribution in [3.05, 3.63) is 34.9 Å². The largest absolute Gasteiger partial charge is 0.356 e. The first-order valence-electron chi connectivity index (χ1n) is 8.59. The van der Waals surface area contributed by atoms with Gasteiger partial charge in [-0.05, 0) is 37.0 Å². The molecule has 5 heteroatoms. The highest BCUT2D eigenvalue weighted by Gasteiger charge is 2.32. The van der Waals surface area contributed by atoms with Crippen molar-refractivity contribution in [3.8, 4) is 0 Å². The van der Waals surface area contributed by atoms with Gasteiger partial charge in [-0.25, -0.2) is 0 Å². The van der Waals surface area contributed by atoms with Crippen LogP contribution in [0.2, 0.25) is 5.02 Å². The fraction of sp³-hybridized carbons (Fsp3) is 0.579. The Labute approximate surface area is 149 Å². The van der Waals surface area contributed by atoms with E-state index >= 15 is 0 Å². The number of carbonyl (C=O) groups is 2. The van der Waals surface area contributed by atoms with Crippen LogP contribution in [-0.4, -0.2) is 36.3 Å². The second-order valence-corrected chi connectivity index (χ2v) is 7.92. The van der Waals surface area contributed by atoms with Gasteiger partial charge in [0.1, 0.15) is 0 Å². The number of hydrogen-bond donors (Lipinski definition) is 1. The maximum Gasteiger partial charge on any atom is 0.227 e. The van der Waals surface area contributed by atoms with Gasteiger partial charge >= 0.3 is 0 Å². The molecule has 0 bridgehead atoms. The molecule has 24 heavy (non-hydrogen) atoms. The summed E-state index contributed by atoms with van der Waals surface area (Å²) in [7, 11) is 0. The zero-order valence-electron chi connectivity index (χ0n) is 14.8. The van der Waals surface area contributed by atoms with Crippen LogP contribution in [0.3, 0.4) is 0 Å². The summed E-state index contributed by atoms with van der Waals surface area (Å²) >= 11 is 5.86. The van der Waals surface area contributed by atoms with Gasteiger partial charge in [-0.15, -0.1) is 0 Å². The average Bonchev–Trinajstić information content (AvgIpc) is 2.55. The van der Waals surface area contributed by atoms with Gasteiger partial charge in [0.25, 0.3) is 0 Å². The maximum atomic E-state index is 12.3. The molecule has 1 heterocycles. The van der Waals surface area contributed by atoms with Crippen LogP contribution in [0.1, 0.15) is 39.2 Å². The van der Waals surface area contributed by atoms with Crippen LogP contribution < -0.4 is 5.32 Å². The van der Waals surface area contributed by atoms with E-state index in [1.165, 1.54) is 0 Å². The summed E-state index contributed by atoms with van der Waals surface area (Å²) in [5, 5.41) is 3.74. The van der Waals surface area contributed by atoms with Crippen LogP contribution in [0.25, 0.3) is 0 Å². The van der Waals surface area contributed by atoms with Crippen molar-refractivity contribution in [1.82, 2.24) is 10.2 Å². The molecule has 1 N–H and O–H groups in total. The lowest BCUT2D eigenvalue weighted by molar-refractivity contribution is -0.142. The lowest BCUT2D eigenvalue weighted by Crippen LogP contribution is -2.46. The first-order valence-corrected chi connectivity index (χ1v) is 8.96. The van der Waals surface area contributed by atoms with Crippen molar-refractivity contribution in [3.63, 3.8) is 0 Å². The topological polar surface area (TPSA) is 49.4 Å². The fourth-order valence-electron chi connectivity index (χ4n) is 2.94. The van der Waals surface area contributed by atoms with Gasteiger partial charge in [-0.1, -0.05) is 44.5 Å². The lowest BCUT2D eigenvalue weighted by Gasteiger charge is -2.35. The minimum absolute atomic E-state index is 0.0132. The smallest absolute Gasteiger partial charge is 0.227 e. The van der Waals surface area contributed by atoms with E-state index in [9.17, 15) is 9.59 Å². The van der Waals surface area contributed by atoms with Gasteiger partial charge in [-0.2, -0.15) is 0 Å². The molecular weight excluding hydrogens is 324 g/mol. The number of rotatable bonds is 4. The third-order valence-corrected chi connectivity index (χ3v) is 4.67. The summed E-state index contributed by atoms with van der Waals surface area (Å²) in [4.78, 5) is 26.4. The summed E-state index contributed by atoms with van der Waals surface area (Å²) < 4.78 is 0. The predicted octanol–water partition coefficient (Wildman–Crippen LogP) is 3.28. The zero-order chi connectivity index (χ0) is 17.7. The molecule has 1 aromatic rings. The molecule has 1 aliphatic heterocycles. The van der Waals surface area contributed by atoms with Crippen LogP contribution in [0.15, 0.2) is 24.3 Å². The van der Waals surface area contributed by atoms with Gasteiger partial charge in [-0.3, -0.25) is 9.59 Å². The number of benzene rings is 1. The molecule has 4 nitrogen and oxygen atoms in total. The highest BCUT2D eigenvalue weighted by molar-refractivity contribution is 6.30. The molecule has 132 valence electrons. The Morgan fingerprint density at radius 2 is 1.75 bits per heavy atom. The van der Waals surface area contributed by atoms with Crippen molar-refractivity contribution in [2.75, 3.05) is 19.6 Å². The molecule has 1 aliphatic rings. The number of nitrogens with one attached hydrogen (secondary N) is 1. The van der Waals surface area contributed by atoms with Crippen molar-refractivity contribution < 1.29 is 9.59 Å². The van der Waals surface area contributed by atoms with E-state index < -0.39 is 0 Å². The van der Waals surface area contributed by atoms with E-state index in [0.717, 1.165) is 29.8 Å². The minimum Gasteiger partial charge on any atom is -0.356 e. The summed E-state index contributed by atoms with van der Waals surface area (Å²) in [5.74, 6) is 0.287. The molecule has 2 amide bonds. The molecule has 0 atom stereocenters. The quantitative estimate of drug-likeness (QED) is 0.905. The van der Waals surface area contributed by atoms with Gasteiger partial charge in [0, 0.05) is 36.0 Å². The Hall–Kier alpha value is -1.55. The Morgan fingerprint density at radius 1 is 1.17 bits per heavy atom. The molecule has 1 fully saturated rings. The molecule has 0 radical (unpaired) electrons. The second-order valence-electron chi connectivity index (χ2n) is 7.48. The molecule has 2 rings (SSSR count). The van der Waals surface area contributed by atoms with Gasteiger partial charge in [0.15, 0.2) is 0 Å². The van der Waals surface area contributed by atoms with Crippen LogP contribution in [0.4, 0.5) is 0 Å². The second kappa shape index (κ2) is 8.02. The highest BCUT2D eigenvalue weighted by Crippen LogP contribution is 2.23. The number of halogens is 1. The third-order valence-electron chi connectivity index (χ3n) is 4.42. The third kappa shape index (κ3) is 5.23. The van der Waals surface area contributed by atoms with E-state index in [2.05, 4.69) is 5.32 Å². The highest BCUT2D eigenvalue weighted by atomic mass is 35.5. The summed E-state index contributed by atoms with van der Waals surface area (Å²) in [6, 6.07) is 7.68. The molecule has 0 unspecified atom stereocenters. The van der Waals surface area contributed by atoms with Crippen LogP contribution >= 0.6 is 11.6 Å². The SMILES string of the molecule is CC(C)(C)C(=O)N1CCC(C(=O)NCCc2ccc(Cl)cc2)CC1. The normalized spacial score (nSPS) is 16.1. The average molecular weight is 351 g/mol. The molecule has 0 aliphatic carbocycles. The maximum absolute atomic E-state index is 12.3. The zero-order valence-corrected chi connectivity index (χ0v) is 15.5. The monoisotopic (exact) mass is 350 g/mol. The summed E-state index contributed by atoms with van der Waals surface area (Å²) in [5.41, 5.74) is 0.804. The van der Waals surface area contributed by atoms with Crippen molar-refractivity contribution in [1.29, 1.82) is 0 Å². The molecule has 1 saturated heterocycles. The molecule has 0 spiro atoms. The standard InChI is InChI=1S/C19H27ClN2O2/c1-19(2,3)18(24)22-12-9-15(10-13-22)17(23)21-11-8-14-4-6-16(20)7-5-14/h4-7,15H,8-13H2,1-3H3,(H,21,23). The van der Waals surface area contributed by atoms with Gasteiger partial charge in [0.2, 0.25) is 11.8 Å². The van der Waals surface area contributed by atoms with E-state index in [1.54, 1.807) is 0 Å². The van der Waals surface area contributed by atoms with Gasteiger partial charge < -0.3 is 10.2 Å². The number of amides is 2. The fourth-order valence-corrected chi connectivity index (χ4v) is 3.07.